The summed E-state index contributed by atoms with van der Waals surface area (Å²) < 4.78 is 0. The highest BCUT2D eigenvalue weighted by Crippen LogP contribution is 2.21. The molecular weight excluding hydrogens is 232 g/mol. The van der Waals surface area contributed by atoms with Crippen LogP contribution >= 0.6 is 0 Å². The van der Waals surface area contributed by atoms with Crippen LogP contribution in [0.2, 0.25) is 0 Å². The molecule has 1 N–H and O–H groups in total. The fraction of sp³-hybridized carbons (Fsp3) is 0.647. The Kier molecular flexibility index (Phi) is 5.87. The number of likely N-dealkylation sites (tertiary alicyclic amines) is 1. The summed E-state index contributed by atoms with van der Waals surface area (Å²) in [5.41, 5.74) is 1.43. The molecule has 1 fully saturated rings. The van der Waals surface area contributed by atoms with Gasteiger partial charge in [-0.15, -0.1) is 0 Å². The lowest BCUT2D eigenvalue weighted by atomic mass is 10.00. The number of hydrogen-bond donors (Lipinski definition) is 1. The summed E-state index contributed by atoms with van der Waals surface area (Å²) in [4.78, 5) is 2.66. The van der Waals surface area contributed by atoms with Gasteiger partial charge in [0.25, 0.3) is 0 Å². The highest BCUT2D eigenvalue weighted by molar-refractivity contribution is 5.18. The number of nitrogens with zero attached hydrogens (tertiary/aromatic N) is 1. The van der Waals surface area contributed by atoms with Crippen molar-refractivity contribution in [3.63, 3.8) is 0 Å². The normalized spacial score (nSPS) is 22.3. The summed E-state index contributed by atoms with van der Waals surface area (Å²) in [5.74, 6) is 0. The molecule has 0 aromatic heterocycles. The second-order valence-electron chi connectivity index (χ2n) is 5.69. The van der Waals surface area contributed by atoms with Crippen molar-refractivity contribution in [2.24, 2.45) is 0 Å². The van der Waals surface area contributed by atoms with Gasteiger partial charge in [0.1, 0.15) is 0 Å². The molecule has 106 valence electrons. The molecule has 0 radical (unpaired) electrons. The lowest BCUT2D eigenvalue weighted by Gasteiger charge is -2.34. The number of hydrogen-bond acceptors (Lipinski definition) is 2. The maximum Gasteiger partial charge on any atom is 0.0332 e. The Morgan fingerprint density at radius 2 is 2.05 bits per heavy atom. The zero-order chi connectivity index (χ0) is 13.5. The number of piperidine rings is 1. The maximum atomic E-state index is 3.63. The van der Waals surface area contributed by atoms with Crippen molar-refractivity contribution in [3.05, 3.63) is 35.9 Å². The van der Waals surface area contributed by atoms with Crippen molar-refractivity contribution < 1.29 is 0 Å². The Labute approximate surface area is 118 Å². The first-order valence-corrected chi connectivity index (χ1v) is 7.83. The highest BCUT2D eigenvalue weighted by Gasteiger charge is 2.19. The molecule has 0 bridgehead atoms. The fourth-order valence-corrected chi connectivity index (χ4v) is 3.10. The average molecular weight is 260 g/mol. The molecule has 0 spiro atoms. The van der Waals surface area contributed by atoms with Crippen molar-refractivity contribution in [2.45, 2.75) is 51.6 Å². The van der Waals surface area contributed by atoms with Crippen LogP contribution < -0.4 is 5.32 Å². The van der Waals surface area contributed by atoms with Gasteiger partial charge in [-0.25, -0.2) is 0 Å². The first-order chi connectivity index (χ1) is 9.31. The van der Waals surface area contributed by atoms with Gasteiger partial charge in [-0.3, -0.25) is 0 Å². The van der Waals surface area contributed by atoms with E-state index >= 15 is 0 Å². The Morgan fingerprint density at radius 3 is 2.74 bits per heavy atom. The molecule has 1 saturated heterocycles. The summed E-state index contributed by atoms with van der Waals surface area (Å²) in [6, 6.07) is 12.1. The molecule has 2 rings (SSSR count). The van der Waals surface area contributed by atoms with E-state index in [1.165, 1.54) is 44.3 Å². The monoisotopic (exact) mass is 260 g/mol. The second-order valence-corrected chi connectivity index (χ2v) is 5.69. The molecule has 1 heterocycles. The van der Waals surface area contributed by atoms with Gasteiger partial charge in [-0.05, 0) is 44.8 Å². The van der Waals surface area contributed by atoms with Crippen LogP contribution in [0, 0.1) is 0 Å². The van der Waals surface area contributed by atoms with Gasteiger partial charge >= 0.3 is 0 Å². The van der Waals surface area contributed by atoms with Crippen molar-refractivity contribution >= 4 is 0 Å². The van der Waals surface area contributed by atoms with Crippen molar-refractivity contribution in [2.75, 3.05) is 19.6 Å². The predicted molar refractivity (Wildman–Crippen MR) is 82.4 cm³/mol. The largest absolute Gasteiger partial charge is 0.310 e. The second kappa shape index (κ2) is 7.66. The highest BCUT2D eigenvalue weighted by atomic mass is 15.2. The summed E-state index contributed by atoms with van der Waals surface area (Å²) in [6.45, 7) is 8.11. The SMILES string of the molecule is CCNC(CCN1CCCCC1C)c1ccccc1. The topological polar surface area (TPSA) is 15.3 Å². The summed E-state index contributed by atoms with van der Waals surface area (Å²) in [7, 11) is 0. The molecule has 1 aromatic rings. The van der Waals surface area contributed by atoms with E-state index in [1.807, 2.05) is 0 Å². The standard InChI is InChI=1S/C17H28N2/c1-3-18-17(16-10-5-4-6-11-16)12-14-19-13-8-7-9-15(19)2/h4-6,10-11,15,17-18H,3,7-9,12-14H2,1-2H3. The quantitative estimate of drug-likeness (QED) is 0.840. The molecule has 2 unspecified atom stereocenters. The molecule has 2 atom stereocenters. The molecule has 1 aliphatic heterocycles. The van der Waals surface area contributed by atoms with E-state index in [0.717, 1.165) is 12.6 Å². The van der Waals surface area contributed by atoms with Crippen LogP contribution in [0.3, 0.4) is 0 Å². The van der Waals surface area contributed by atoms with Gasteiger partial charge in [0.15, 0.2) is 0 Å². The molecule has 19 heavy (non-hydrogen) atoms. The zero-order valence-electron chi connectivity index (χ0n) is 12.4. The van der Waals surface area contributed by atoms with Gasteiger partial charge < -0.3 is 10.2 Å². The van der Waals surface area contributed by atoms with E-state index in [4.69, 9.17) is 0 Å². The van der Waals surface area contributed by atoms with Crippen LogP contribution in [-0.4, -0.2) is 30.6 Å². The fourth-order valence-electron chi connectivity index (χ4n) is 3.10. The van der Waals surface area contributed by atoms with Crippen molar-refractivity contribution in [1.82, 2.24) is 10.2 Å². The van der Waals surface area contributed by atoms with Crippen LogP contribution in [0.5, 0.6) is 0 Å². The molecule has 1 aliphatic rings. The minimum atomic E-state index is 0.500. The zero-order valence-corrected chi connectivity index (χ0v) is 12.4. The summed E-state index contributed by atoms with van der Waals surface area (Å²) in [6.07, 6.45) is 5.37. The third-order valence-corrected chi connectivity index (χ3v) is 4.30. The lowest BCUT2D eigenvalue weighted by Crippen LogP contribution is -2.39. The van der Waals surface area contributed by atoms with Crippen LogP contribution in [0.4, 0.5) is 0 Å². The Morgan fingerprint density at radius 1 is 1.26 bits per heavy atom. The average Bonchev–Trinajstić information content (AvgIpc) is 2.46. The third kappa shape index (κ3) is 4.32. The van der Waals surface area contributed by atoms with Crippen molar-refractivity contribution in [1.29, 1.82) is 0 Å². The van der Waals surface area contributed by atoms with E-state index in [0.29, 0.717) is 6.04 Å². The smallest absolute Gasteiger partial charge is 0.0332 e. The molecular formula is C17H28N2. The molecule has 1 aromatic carbocycles. The number of nitrogens with one attached hydrogen (secondary N) is 1. The minimum Gasteiger partial charge on any atom is -0.310 e. The van der Waals surface area contributed by atoms with Crippen LogP contribution in [0.25, 0.3) is 0 Å². The van der Waals surface area contributed by atoms with Crippen LogP contribution in [0.15, 0.2) is 30.3 Å². The van der Waals surface area contributed by atoms with E-state index in [9.17, 15) is 0 Å². The molecule has 2 nitrogen and oxygen atoms in total. The summed E-state index contributed by atoms with van der Waals surface area (Å²) >= 11 is 0. The Balaban J connectivity index is 1.90. The Hall–Kier alpha value is -0.860. The molecule has 0 amide bonds. The van der Waals surface area contributed by atoms with Crippen molar-refractivity contribution in [3.8, 4) is 0 Å². The van der Waals surface area contributed by atoms with Gasteiger partial charge in [-0.2, -0.15) is 0 Å². The van der Waals surface area contributed by atoms with Crippen LogP contribution in [0.1, 0.15) is 51.1 Å². The Bertz CT molecular complexity index is 350. The first kappa shape index (κ1) is 14.5. The van der Waals surface area contributed by atoms with E-state index in [2.05, 4.69) is 54.4 Å². The van der Waals surface area contributed by atoms with Gasteiger partial charge in [0.2, 0.25) is 0 Å². The summed E-state index contributed by atoms with van der Waals surface area (Å²) in [5, 5.41) is 3.63. The lowest BCUT2D eigenvalue weighted by molar-refractivity contribution is 0.153. The minimum absolute atomic E-state index is 0.500. The molecule has 0 saturated carbocycles. The van der Waals surface area contributed by atoms with Gasteiger partial charge in [-0.1, -0.05) is 43.7 Å². The van der Waals surface area contributed by atoms with E-state index in [-0.39, 0.29) is 0 Å². The molecule has 2 heteroatoms. The van der Waals surface area contributed by atoms with E-state index in [1.54, 1.807) is 0 Å². The molecule has 0 aliphatic carbocycles. The maximum absolute atomic E-state index is 3.63. The van der Waals surface area contributed by atoms with Gasteiger partial charge in [0.05, 0.1) is 0 Å². The van der Waals surface area contributed by atoms with E-state index < -0.39 is 0 Å². The first-order valence-electron chi connectivity index (χ1n) is 7.83. The van der Waals surface area contributed by atoms with Crippen LogP contribution in [-0.2, 0) is 0 Å². The third-order valence-electron chi connectivity index (χ3n) is 4.30. The predicted octanol–water partition coefficient (Wildman–Crippen LogP) is 3.60. The number of benzene rings is 1. The van der Waals surface area contributed by atoms with Gasteiger partial charge in [0, 0.05) is 18.6 Å². The number of rotatable bonds is 6.